The van der Waals surface area contributed by atoms with E-state index in [1.165, 1.54) is 18.1 Å². The molecule has 2 N–H and O–H groups in total. The standard InChI is InChI=1S/C11H26N2S/c1-5-13(7-8-14-6-2)10-11(3,4)9-12/h5-10,12H2,1-4H3. The van der Waals surface area contributed by atoms with Gasteiger partial charge < -0.3 is 10.6 Å². The summed E-state index contributed by atoms with van der Waals surface area (Å²) in [6.07, 6.45) is 0. The summed E-state index contributed by atoms with van der Waals surface area (Å²) >= 11 is 2.01. The Bertz CT molecular complexity index is 137. The molecule has 14 heavy (non-hydrogen) atoms. The average Bonchev–Trinajstić information content (AvgIpc) is 2.16. The summed E-state index contributed by atoms with van der Waals surface area (Å²) < 4.78 is 0. The van der Waals surface area contributed by atoms with Gasteiger partial charge in [0, 0.05) is 18.8 Å². The predicted octanol–water partition coefficient (Wildman–Crippen LogP) is 2.05. The second-order valence-electron chi connectivity index (χ2n) is 4.43. The Morgan fingerprint density at radius 1 is 1.29 bits per heavy atom. The van der Waals surface area contributed by atoms with E-state index in [1.807, 2.05) is 11.8 Å². The van der Waals surface area contributed by atoms with Crippen LogP contribution in [-0.2, 0) is 0 Å². The van der Waals surface area contributed by atoms with Crippen LogP contribution in [0.25, 0.3) is 0 Å². The third kappa shape index (κ3) is 6.68. The number of nitrogens with two attached hydrogens (primary N) is 1. The van der Waals surface area contributed by atoms with Gasteiger partial charge in [-0.1, -0.05) is 27.7 Å². The maximum absolute atomic E-state index is 5.73. The van der Waals surface area contributed by atoms with E-state index < -0.39 is 0 Å². The van der Waals surface area contributed by atoms with E-state index in [1.54, 1.807) is 0 Å². The summed E-state index contributed by atoms with van der Waals surface area (Å²) in [5.41, 5.74) is 5.99. The maximum atomic E-state index is 5.73. The minimum absolute atomic E-state index is 0.257. The van der Waals surface area contributed by atoms with Gasteiger partial charge in [-0.2, -0.15) is 11.8 Å². The number of hydrogen-bond acceptors (Lipinski definition) is 3. The van der Waals surface area contributed by atoms with Gasteiger partial charge in [0.25, 0.3) is 0 Å². The van der Waals surface area contributed by atoms with Crippen molar-refractivity contribution >= 4 is 11.8 Å². The average molecular weight is 218 g/mol. The van der Waals surface area contributed by atoms with Crippen molar-refractivity contribution in [2.75, 3.05) is 37.7 Å². The fourth-order valence-electron chi connectivity index (χ4n) is 1.36. The molecule has 0 aliphatic heterocycles. The summed E-state index contributed by atoms with van der Waals surface area (Å²) in [4.78, 5) is 2.50. The van der Waals surface area contributed by atoms with Crippen molar-refractivity contribution in [1.29, 1.82) is 0 Å². The first-order valence-corrected chi connectivity index (χ1v) is 6.71. The first kappa shape index (κ1) is 14.3. The van der Waals surface area contributed by atoms with Crippen LogP contribution in [0.3, 0.4) is 0 Å². The van der Waals surface area contributed by atoms with Crippen LogP contribution in [0, 0.1) is 5.41 Å². The molecule has 3 heteroatoms. The van der Waals surface area contributed by atoms with E-state index in [2.05, 4.69) is 32.6 Å². The van der Waals surface area contributed by atoms with Crippen LogP contribution in [0.2, 0.25) is 0 Å². The van der Waals surface area contributed by atoms with E-state index >= 15 is 0 Å². The molecule has 86 valence electrons. The molecule has 0 aliphatic rings. The van der Waals surface area contributed by atoms with Gasteiger partial charge in [-0.05, 0) is 24.3 Å². The topological polar surface area (TPSA) is 29.3 Å². The first-order chi connectivity index (χ1) is 6.55. The summed E-state index contributed by atoms with van der Waals surface area (Å²) in [5.74, 6) is 2.46. The molecule has 0 radical (unpaired) electrons. The molecule has 2 nitrogen and oxygen atoms in total. The van der Waals surface area contributed by atoms with Crippen molar-refractivity contribution in [2.45, 2.75) is 27.7 Å². The van der Waals surface area contributed by atoms with Crippen LogP contribution in [0.4, 0.5) is 0 Å². The molecule has 0 rings (SSSR count). The van der Waals surface area contributed by atoms with Crippen molar-refractivity contribution < 1.29 is 0 Å². The first-order valence-electron chi connectivity index (χ1n) is 5.56. The molecule has 0 spiro atoms. The molecule has 0 fully saturated rings. The Balaban J connectivity index is 3.78. The van der Waals surface area contributed by atoms with Crippen molar-refractivity contribution in [2.24, 2.45) is 11.1 Å². The lowest BCUT2D eigenvalue weighted by atomic mass is 9.93. The Kier molecular flexibility index (Phi) is 7.69. The maximum Gasteiger partial charge on any atom is 0.00725 e. The lowest BCUT2D eigenvalue weighted by Crippen LogP contribution is -2.39. The SMILES string of the molecule is CCSCCN(CC)CC(C)(C)CN. The van der Waals surface area contributed by atoms with Gasteiger partial charge in [0.15, 0.2) is 0 Å². The summed E-state index contributed by atoms with van der Waals surface area (Å²) in [6.45, 7) is 13.1. The summed E-state index contributed by atoms with van der Waals surface area (Å²) in [7, 11) is 0. The third-order valence-corrected chi connectivity index (χ3v) is 3.29. The molecule has 0 bridgehead atoms. The van der Waals surface area contributed by atoms with Gasteiger partial charge in [0.05, 0.1) is 0 Å². The monoisotopic (exact) mass is 218 g/mol. The van der Waals surface area contributed by atoms with Crippen molar-refractivity contribution in [3.63, 3.8) is 0 Å². The van der Waals surface area contributed by atoms with Crippen LogP contribution in [0.1, 0.15) is 27.7 Å². The highest BCUT2D eigenvalue weighted by Gasteiger charge is 2.18. The number of rotatable bonds is 8. The van der Waals surface area contributed by atoms with E-state index in [4.69, 9.17) is 5.73 Å². The Labute approximate surface area is 93.6 Å². The van der Waals surface area contributed by atoms with E-state index in [0.29, 0.717) is 0 Å². The Morgan fingerprint density at radius 3 is 2.36 bits per heavy atom. The Morgan fingerprint density at radius 2 is 1.93 bits per heavy atom. The predicted molar refractivity (Wildman–Crippen MR) is 67.9 cm³/mol. The molecule has 0 unspecified atom stereocenters. The zero-order valence-corrected chi connectivity index (χ0v) is 11.0. The van der Waals surface area contributed by atoms with Crippen molar-refractivity contribution in [3.05, 3.63) is 0 Å². The van der Waals surface area contributed by atoms with Crippen LogP contribution < -0.4 is 5.73 Å². The van der Waals surface area contributed by atoms with Crippen LogP contribution >= 0.6 is 11.8 Å². The number of thioether (sulfide) groups is 1. The third-order valence-electron chi connectivity index (χ3n) is 2.41. The van der Waals surface area contributed by atoms with E-state index in [-0.39, 0.29) is 5.41 Å². The smallest absolute Gasteiger partial charge is 0.00725 e. The lowest BCUT2D eigenvalue weighted by Gasteiger charge is -2.30. The molecular weight excluding hydrogens is 192 g/mol. The van der Waals surface area contributed by atoms with Crippen LogP contribution in [0.5, 0.6) is 0 Å². The zero-order chi connectivity index (χ0) is 11.0. The molecule has 0 aromatic carbocycles. The molecule has 0 saturated carbocycles. The van der Waals surface area contributed by atoms with Gasteiger partial charge in [0.1, 0.15) is 0 Å². The fourth-order valence-corrected chi connectivity index (χ4v) is 2.03. The quantitative estimate of drug-likeness (QED) is 0.632. The van der Waals surface area contributed by atoms with Gasteiger partial charge in [-0.15, -0.1) is 0 Å². The molecule has 0 aliphatic carbocycles. The number of nitrogens with zero attached hydrogens (tertiary/aromatic N) is 1. The van der Waals surface area contributed by atoms with Gasteiger partial charge in [-0.3, -0.25) is 0 Å². The summed E-state index contributed by atoms with van der Waals surface area (Å²) in [5, 5.41) is 0. The van der Waals surface area contributed by atoms with Crippen molar-refractivity contribution in [3.8, 4) is 0 Å². The minimum atomic E-state index is 0.257. The van der Waals surface area contributed by atoms with Gasteiger partial charge in [0.2, 0.25) is 0 Å². The van der Waals surface area contributed by atoms with Gasteiger partial charge in [-0.25, -0.2) is 0 Å². The molecule has 0 saturated heterocycles. The molecule has 0 heterocycles. The van der Waals surface area contributed by atoms with Gasteiger partial charge >= 0.3 is 0 Å². The molecule has 0 amide bonds. The number of hydrogen-bond donors (Lipinski definition) is 1. The van der Waals surface area contributed by atoms with Crippen molar-refractivity contribution in [1.82, 2.24) is 4.90 Å². The molecule has 0 atom stereocenters. The zero-order valence-electron chi connectivity index (χ0n) is 10.2. The highest BCUT2D eigenvalue weighted by molar-refractivity contribution is 7.99. The second-order valence-corrected chi connectivity index (χ2v) is 5.83. The van der Waals surface area contributed by atoms with Crippen LogP contribution in [0.15, 0.2) is 0 Å². The highest BCUT2D eigenvalue weighted by Crippen LogP contribution is 2.15. The minimum Gasteiger partial charge on any atom is -0.330 e. The lowest BCUT2D eigenvalue weighted by molar-refractivity contribution is 0.199. The fraction of sp³-hybridized carbons (Fsp3) is 1.00. The summed E-state index contributed by atoms with van der Waals surface area (Å²) in [6, 6.07) is 0. The molecular formula is C11H26N2S. The molecule has 0 aromatic rings. The molecule has 0 aromatic heterocycles. The van der Waals surface area contributed by atoms with E-state index in [0.717, 1.165) is 19.6 Å². The highest BCUT2D eigenvalue weighted by atomic mass is 32.2. The largest absolute Gasteiger partial charge is 0.330 e. The van der Waals surface area contributed by atoms with E-state index in [9.17, 15) is 0 Å². The Hall–Kier alpha value is 0.270. The van der Waals surface area contributed by atoms with Crippen LogP contribution in [-0.4, -0.2) is 42.6 Å². The second kappa shape index (κ2) is 7.55. The normalized spacial score (nSPS) is 12.4.